The molecule has 1 aromatic heterocycles. The molecule has 2 atom stereocenters. The third-order valence-corrected chi connectivity index (χ3v) is 2.40. The molecule has 0 fully saturated rings. The van der Waals surface area contributed by atoms with Crippen LogP contribution in [0.1, 0.15) is 29.3 Å². The second kappa shape index (κ2) is 6.48. The first-order valence-electron chi connectivity index (χ1n) is 5.73. The molecule has 1 rings (SSSR count). The van der Waals surface area contributed by atoms with Gasteiger partial charge in [-0.3, -0.25) is 4.79 Å². The van der Waals surface area contributed by atoms with Crippen LogP contribution in [0.2, 0.25) is 0 Å². The molecule has 4 N–H and O–H groups in total. The van der Waals surface area contributed by atoms with Crippen molar-refractivity contribution in [2.45, 2.75) is 19.1 Å². The molecule has 0 radical (unpaired) electrons. The van der Waals surface area contributed by atoms with E-state index in [-0.39, 0.29) is 17.5 Å². The summed E-state index contributed by atoms with van der Waals surface area (Å²) in [5.74, 6) is -0.160. The second-order valence-electron chi connectivity index (χ2n) is 4.40. The molecule has 18 heavy (non-hydrogen) atoms. The monoisotopic (exact) mass is 256 g/mol. The van der Waals surface area contributed by atoms with Crippen LogP contribution in [0.5, 0.6) is 0 Å². The first-order chi connectivity index (χ1) is 8.41. The number of nitrogens with one attached hydrogen (secondary N) is 1. The number of amides is 1. The quantitative estimate of drug-likeness (QED) is 0.624. The lowest BCUT2D eigenvalue weighted by Crippen LogP contribution is -2.31. The molecule has 2 unspecified atom stereocenters. The number of aromatic nitrogens is 1. The average molecular weight is 256 g/mol. The van der Waals surface area contributed by atoms with E-state index in [9.17, 15) is 9.90 Å². The molecule has 1 aromatic rings. The average Bonchev–Trinajstić information content (AvgIpc) is 2.76. The molecule has 0 aromatic carbocycles. The topological polar surface area (TPSA) is 105 Å². The Morgan fingerprint density at radius 3 is 2.89 bits per heavy atom. The molecule has 0 saturated carbocycles. The highest BCUT2D eigenvalue weighted by Crippen LogP contribution is 2.13. The molecule has 0 aliphatic heterocycles. The summed E-state index contributed by atoms with van der Waals surface area (Å²) < 4.78 is 5.07. The van der Waals surface area contributed by atoms with Crippen molar-refractivity contribution in [3.05, 3.63) is 17.8 Å². The predicted molar refractivity (Wildman–Crippen MR) is 66.0 cm³/mol. The summed E-state index contributed by atoms with van der Waals surface area (Å²) in [4.78, 5) is 17.6. The molecule has 0 aliphatic rings. The van der Waals surface area contributed by atoms with Gasteiger partial charge in [0.15, 0.2) is 5.69 Å². The Kier molecular flexibility index (Phi) is 5.26. The molecule has 7 heteroatoms. The van der Waals surface area contributed by atoms with Crippen LogP contribution >= 0.6 is 0 Å². The van der Waals surface area contributed by atoms with E-state index in [1.165, 1.54) is 13.2 Å². The minimum atomic E-state index is -0.784. The Morgan fingerprint density at radius 1 is 1.67 bits per heavy atom. The molecule has 1 heterocycles. The van der Waals surface area contributed by atoms with Crippen LogP contribution in [-0.4, -0.2) is 54.2 Å². The number of nitrogens with zero attached hydrogens (tertiary/aromatic N) is 2. The largest absolute Gasteiger partial charge is 0.446 e. The molecule has 0 aliphatic carbocycles. The number of likely N-dealkylation sites (N-methyl/N-ethyl adjacent to an activating group) is 1. The van der Waals surface area contributed by atoms with Crippen molar-refractivity contribution >= 4 is 5.91 Å². The maximum Gasteiger partial charge on any atom is 0.273 e. The lowest BCUT2D eigenvalue weighted by atomic mass is 10.2. The first kappa shape index (κ1) is 14.6. The van der Waals surface area contributed by atoms with Crippen LogP contribution in [0.3, 0.4) is 0 Å². The number of hydrogen-bond donors (Lipinski definition) is 3. The zero-order valence-corrected chi connectivity index (χ0v) is 10.9. The van der Waals surface area contributed by atoms with Crippen LogP contribution in [0.25, 0.3) is 0 Å². The zero-order valence-electron chi connectivity index (χ0n) is 10.9. The predicted octanol–water partition coefficient (Wildman–Crippen LogP) is -0.653. The van der Waals surface area contributed by atoms with Crippen molar-refractivity contribution in [1.82, 2.24) is 15.2 Å². The highest BCUT2D eigenvalue weighted by atomic mass is 16.3. The lowest BCUT2D eigenvalue weighted by Gasteiger charge is -2.10. The van der Waals surface area contributed by atoms with Crippen LogP contribution in [-0.2, 0) is 0 Å². The maximum absolute atomic E-state index is 11.7. The Morgan fingerprint density at radius 2 is 2.33 bits per heavy atom. The van der Waals surface area contributed by atoms with E-state index >= 15 is 0 Å². The van der Waals surface area contributed by atoms with Gasteiger partial charge in [0.1, 0.15) is 12.3 Å². The Bertz CT molecular complexity index is 389. The van der Waals surface area contributed by atoms with Gasteiger partial charge in [-0.15, -0.1) is 0 Å². The fraction of sp³-hybridized carbons (Fsp3) is 0.636. The molecule has 0 saturated heterocycles. The van der Waals surface area contributed by atoms with Gasteiger partial charge in [0.2, 0.25) is 5.89 Å². The van der Waals surface area contributed by atoms with E-state index in [1.807, 2.05) is 19.0 Å². The van der Waals surface area contributed by atoms with Crippen molar-refractivity contribution in [1.29, 1.82) is 0 Å². The maximum atomic E-state index is 11.7. The van der Waals surface area contributed by atoms with Crippen molar-refractivity contribution in [2.24, 2.45) is 5.73 Å². The summed E-state index contributed by atoms with van der Waals surface area (Å²) in [6.45, 7) is 2.80. The number of oxazole rings is 1. The Labute approximate surface area is 106 Å². The Balaban J connectivity index is 2.54. The summed E-state index contributed by atoms with van der Waals surface area (Å²) in [5, 5.41) is 12.0. The number of carbonyl (C=O) groups excluding carboxylic acids is 1. The zero-order chi connectivity index (χ0) is 13.7. The molecular weight excluding hydrogens is 236 g/mol. The summed E-state index contributed by atoms with van der Waals surface area (Å²) >= 11 is 0. The van der Waals surface area contributed by atoms with E-state index in [0.29, 0.717) is 6.54 Å². The molecule has 102 valence electrons. The summed E-state index contributed by atoms with van der Waals surface area (Å²) in [5.41, 5.74) is 5.81. The molecule has 7 nitrogen and oxygen atoms in total. The van der Waals surface area contributed by atoms with Crippen LogP contribution in [0, 0.1) is 0 Å². The SMILES string of the molecule is CC(O)C(N)c1nc(C(=O)NCCN(C)C)co1. The summed E-state index contributed by atoms with van der Waals surface area (Å²) in [6.07, 6.45) is 0.455. The number of rotatable bonds is 6. The summed E-state index contributed by atoms with van der Waals surface area (Å²) in [6, 6.07) is -0.728. The molecule has 0 bridgehead atoms. The number of aliphatic hydroxyl groups excluding tert-OH is 1. The van der Waals surface area contributed by atoms with E-state index in [4.69, 9.17) is 10.2 Å². The Hall–Kier alpha value is -1.44. The van der Waals surface area contributed by atoms with Gasteiger partial charge in [-0.25, -0.2) is 4.98 Å². The van der Waals surface area contributed by atoms with Crippen LogP contribution in [0.15, 0.2) is 10.7 Å². The van der Waals surface area contributed by atoms with E-state index in [1.54, 1.807) is 0 Å². The van der Waals surface area contributed by atoms with Crippen LogP contribution in [0.4, 0.5) is 0 Å². The number of nitrogens with two attached hydrogens (primary N) is 1. The third kappa shape index (κ3) is 4.10. The van der Waals surface area contributed by atoms with Crippen LogP contribution < -0.4 is 11.1 Å². The third-order valence-electron chi connectivity index (χ3n) is 2.40. The van der Waals surface area contributed by atoms with Gasteiger partial charge in [0.25, 0.3) is 5.91 Å². The van der Waals surface area contributed by atoms with Gasteiger partial charge >= 0.3 is 0 Å². The fourth-order valence-electron chi connectivity index (χ4n) is 1.23. The molecule has 0 spiro atoms. The van der Waals surface area contributed by atoms with Crippen molar-refractivity contribution in [3.8, 4) is 0 Å². The van der Waals surface area contributed by atoms with Gasteiger partial charge in [-0.05, 0) is 21.0 Å². The fourth-order valence-corrected chi connectivity index (χ4v) is 1.23. The minimum Gasteiger partial charge on any atom is -0.446 e. The minimum absolute atomic E-state index is 0.155. The van der Waals surface area contributed by atoms with Gasteiger partial charge in [-0.2, -0.15) is 0 Å². The van der Waals surface area contributed by atoms with Gasteiger partial charge in [0, 0.05) is 13.1 Å². The van der Waals surface area contributed by atoms with Gasteiger partial charge in [-0.1, -0.05) is 0 Å². The number of hydrogen-bond acceptors (Lipinski definition) is 6. The number of carbonyl (C=O) groups is 1. The van der Waals surface area contributed by atoms with E-state index in [0.717, 1.165) is 6.54 Å². The standard InChI is InChI=1S/C11H20N4O3/c1-7(16)9(12)11-14-8(6-18-11)10(17)13-4-5-15(2)3/h6-7,9,16H,4-5,12H2,1-3H3,(H,13,17). The van der Waals surface area contributed by atoms with E-state index in [2.05, 4.69) is 10.3 Å². The molecular formula is C11H20N4O3. The highest BCUT2D eigenvalue weighted by molar-refractivity contribution is 5.91. The highest BCUT2D eigenvalue weighted by Gasteiger charge is 2.20. The molecule has 1 amide bonds. The van der Waals surface area contributed by atoms with Crippen molar-refractivity contribution < 1.29 is 14.3 Å². The van der Waals surface area contributed by atoms with E-state index < -0.39 is 12.1 Å². The van der Waals surface area contributed by atoms with Gasteiger partial charge < -0.3 is 25.5 Å². The first-order valence-corrected chi connectivity index (χ1v) is 5.73. The summed E-state index contributed by atoms with van der Waals surface area (Å²) in [7, 11) is 3.84. The van der Waals surface area contributed by atoms with Crippen molar-refractivity contribution in [2.75, 3.05) is 27.2 Å². The normalized spacial score (nSPS) is 14.6. The lowest BCUT2D eigenvalue weighted by molar-refractivity contribution is 0.0945. The number of aliphatic hydroxyl groups is 1. The van der Waals surface area contributed by atoms with Gasteiger partial charge in [0.05, 0.1) is 6.10 Å². The van der Waals surface area contributed by atoms with Crippen molar-refractivity contribution in [3.63, 3.8) is 0 Å². The smallest absolute Gasteiger partial charge is 0.273 e. The second-order valence-corrected chi connectivity index (χ2v) is 4.40.